The summed E-state index contributed by atoms with van der Waals surface area (Å²) in [5.41, 5.74) is 1.39. The van der Waals surface area contributed by atoms with Crippen molar-refractivity contribution in [3.63, 3.8) is 0 Å². The van der Waals surface area contributed by atoms with Crippen LogP contribution in [0.4, 0.5) is 5.69 Å². The van der Waals surface area contributed by atoms with Crippen LogP contribution in [0.15, 0.2) is 18.2 Å². The molecule has 110 valence electrons. The van der Waals surface area contributed by atoms with E-state index in [1.807, 2.05) is 0 Å². The molecule has 0 bridgehead atoms. The fourth-order valence-electron chi connectivity index (χ4n) is 3.00. The van der Waals surface area contributed by atoms with Crippen LogP contribution < -0.4 is 10.1 Å². The number of rotatable bonds is 4. The quantitative estimate of drug-likeness (QED) is 0.879. The molecule has 20 heavy (non-hydrogen) atoms. The van der Waals surface area contributed by atoms with E-state index in [9.17, 15) is 4.79 Å². The number of hydrogen-bond acceptors (Lipinski definition) is 3. The number of ether oxygens (including phenoxy) is 1. The molecule has 1 fully saturated rings. The summed E-state index contributed by atoms with van der Waals surface area (Å²) in [6.45, 7) is 4.57. The Morgan fingerprint density at radius 2 is 2.20 bits per heavy atom. The van der Waals surface area contributed by atoms with Gasteiger partial charge in [-0.3, -0.25) is 0 Å². The molecule has 2 rings (SSSR count). The molecule has 1 atom stereocenters. The molecule has 0 radical (unpaired) electrons. The molecule has 0 saturated heterocycles. The molecule has 1 aromatic rings. The lowest BCUT2D eigenvalue weighted by atomic mass is 9.75. The summed E-state index contributed by atoms with van der Waals surface area (Å²) in [6, 6.07) is 5.30. The van der Waals surface area contributed by atoms with Crippen LogP contribution in [-0.2, 0) is 0 Å². The van der Waals surface area contributed by atoms with Gasteiger partial charge in [0.15, 0.2) is 0 Å². The number of benzene rings is 1. The van der Waals surface area contributed by atoms with E-state index in [-0.39, 0.29) is 5.56 Å². The van der Waals surface area contributed by atoms with Gasteiger partial charge in [-0.25, -0.2) is 4.79 Å². The summed E-state index contributed by atoms with van der Waals surface area (Å²) < 4.78 is 5.32. The first-order valence-electron chi connectivity index (χ1n) is 7.09. The highest BCUT2D eigenvalue weighted by molar-refractivity contribution is 5.89. The van der Waals surface area contributed by atoms with Crippen LogP contribution in [0.2, 0.25) is 0 Å². The van der Waals surface area contributed by atoms with Gasteiger partial charge >= 0.3 is 5.97 Å². The third-order valence-electron chi connectivity index (χ3n) is 4.01. The molecule has 1 aromatic carbocycles. The first-order chi connectivity index (χ1) is 9.41. The minimum absolute atomic E-state index is 0.281. The SMILES string of the molecule is COc1ccc(C(=O)O)cc1NC1CCCC(C)(C)C1. The monoisotopic (exact) mass is 277 g/mol. The number of methoxy groups -OCH3 is 1. The molecule has 1 aliphatic carbocycles. The lowest BCUT2D eigenvalue weighted by Gasteiger charge is -2.36. The van der Waals surface area contributed by atoms with Crippen LogP contribution in [0.1, 0.15) is 49.9 Å². The van der Waals surface area contributed by atoms with Crippen LogP contribution in [0.3, 0.4) is 0 Å². The van der Waals surface area contributed by atoms with Crippen LogP contribution in [-0.4, -0.2) is 24.2 Å². The van der Waals surface area contributed by atoms with Crippen molar-refractivity contribution in [2.45, 2.75) is 45.6 Å². The molecule has 1 unspecified atom stereocenters. The standard InChI is InChI=1S/C16H23NO3/c1-16(2)8-4-5-12(10-16)17-13-9-11(15(18)19)6-7-14(13)20-3/h6-7,9,12,17H,4-5,8,10H2,1-3H3,(H,18,19). The molecular formula is C16H23NO3. The highest BCUT2D eigenvalue weighted by Crippen LogP contribution is 2.37. The molecule has 1 aliphatic rings. The molecule has 0 amide bonds. The number of aromatic carboxylic acids is 1. The molecule has 4 nitrogen and oxygen atoms in total. The zero-order valence-electron chi connectivity index (χ0n) is 12.4. The van der Waals surface area contributed by atoms with Gasteiger partial charge in [-0.2, -0.15) is 0 Å². The molecule has 0 aliphatic heterocycles. The zero-order valence-corrected chi connectivity index (χ0v) is 12.4. The molecule has 2 N–H and O–H groups in total. The summed E-state index contributed by atoms with van der Waals surface area (Å²) in [4.78, 5) is 11.1. The fourth-order valence-corrected chi connectivity index (χ4v) is 3.00. The van der Waals surface area contributed by atoms with Crippen LogP contribution in [0, 0.1) is 5.41 Å². The maximum absolute atomic E-state index is 11.1. The molecule has 0 aromatic heterocycles. The number of carbonyl (C=O) groups is 1. The normalized spacial score (nSPS) is 21.2. The van der Waals surface area contributed by atoms with Crippen molar-refractivity contribution in [3.8, 4) is 5.75 Å². The van der Waals surface area contributed by atoms with E-state index in [1.54, 1.807) is 25.3 Å². The van der Waals surface area contributed by atoms with Crippen molar-refractivity contribution < 1.29 is 14.6 Å². The third-order valence-corrected chi connectivity index (χ3v) is 4.01. The Balaban J connectivity index is 2.18. The lowest BCUT2D eigenvalue weighted by Crippen LogP contribution is -2.31. The molecule has 1 saturated carbocycles. The maximum Gasteiger partial charge on any atom is 0.335 e. The van der Waals surface area contributed by atoms with Crippen molar-refractivity contribution in [1.82, 2.24) is 0 Å². The number of anilines is 1. The van der Waals surface area contributed by atoms with E-state index in [0.717, 1.165) is 18.5 Å². The topological polar surface area (TPSA) is 58.6 Å². The Morgan fingerprint density at radius 3 is 2.80 bits per heavy atom. The summed E-state index contributed by atoms with van der Waals surface area (Å²) in [5, 5.41) is 12.6. The van der Waals surface area contributed by atoms with E-state index in [1.165, 1.54) is 12.8 Å². The first-order valence-corrected chi connectivity index (χ1v) is 7.09. The average Bonchev–Trinajstić information content (AvgIpc) is 2.37. The van der Waals surface area contributed by atoms with Gasteiger partial charge in [0.25, 0.3) is 0 Å². The molecule has 0 spiro atoms. The minimum atomic E-state index is -0.917. The van der Waals surface area contributed by atoms with Crippen molar-refractivity contribution in [2.75, 3.05) is 12.4 Å². The Labute approximate surface area is 120 Å². The second kappa shape index (κ2) is 5.73. The van der Waals surface area contributed by atoms with Crippen molar-refractivity contribution >= 4 is 11.7 Å². The van der Waals surface area contributed by atoms with E-state index in [4.69, 9.17) is 9.84 Å². The van der Waals surface area contributed by atoms with Gasteiger partial charge in [-0.1, -0.05) is 20.3 Å². The second-order valence-corrected chi connectivity index (χ2v) is 6.32. The molecule has 4 heteroatoms. The highest BCUT2D eigenvalue weighted by atomic mass is 16.5. The van der Waals surface area contributed by atoms with E-state index in [0.29, 0.717) is 17.2 Å². The summed E-state index contributed by atoms with van der Waals surface area (Å²) >= 11 is 0. The third kappa shape index (κ3) is 3.44. The van der Waals surface area contributed by atoms with Gasteiger partial charge in [0.1, 0.15) is 5.75 Å². The molecule has 0 heterocycles. The summed E-state index contributed by atoms with van der Waals surface area (Å²) in [7, 11) is 1.60. The van der Waals surface area contributed by atoms with Gasteiger partial charge < -0.3 is 15.2 Å². The summed E-state index contributed by atoms with van der Waals surface area (Å²) in [5.74, 6) is -0.224. The predicted octanol–water partition coefficient (Wildman–Crippen LogP) is 3.77. The van der Waals surface area contributed by atoms with E-state index >= 15 is 0 Å². The fraction of sp³-hybridized carbons (Fsp3) is 0.562. The number of hydrogen-bond donors (Lipinski definition) is 2. The number of carboxylic acids is 1. The van der Waals surface area contributed by atoms with Crippen molar-refractivity contribution in [2.24, 2.45) is 5.41 Å². The largest absolute Gasteiger partial charge is 0.495 e. The van der Waals surface area contributed by atoms with Crippen molar-refractivity contribution in [1.29, 1.82) is 0 Å². The smallest absolute Gasteiger partial charge is 0.335 e. The zero-order chi connectivity index (χ0) is 14.8. The van der Waals surface area contributed by atoms with Crippen LogP contribution in [0.5, 0.6) is 5.75 Å². The van der Waals surface area contributed by atoms with E-state index < -0.39 is 5.97 Å². The van der Waals surface area contributed by atoms with Gasteiger partial charge in [0.05, 0.1) is 18.4 Å². The second-order valence-electron chi connectivity index (χ2n) is 6.32. The summed E-state index contributed by atoms with van der Waals surface area (Å²) in [6.07, 6.45) is 4.65. The van der Waals surface area contributed by atoms with Gasteiger partial charge in [0, 0.05) is 6.04 Å². The first kappa shape index (κ1) is 14.7. The van der Waals surface area contributed by atoms with Crippen molar-refractivity contribution in [3.05, 3.63) is 23.8 Å². The van der Waals surface area contributed by atoms with Crippen LogP contribution in [0.25, 0.3) is 0 Å². The Kier molecular flexibility index (Phi) is 4.21. The van der Waals surface area contributed by atoms with E-state index in [2.05, 4.69) is 19.2 Å². The average molecular weight is 277 g/mol. The van der Waals surface area contributed by atoms with Gasteiger partial charge in [-0.05, 0) is 42.9 Å². The van der Waals surface area contributed by atoms with Gasteiger partial charge in [-0.15, -0.1) is 0 Å². The minimum Gasteiger partial charge on any atom is -0.495 e. The number of nitrogens with one attached hydrogen (secondary N) is 1. The molecular weight excluding hydrogens is 254 g/mol. The van der Waals surface area contributed by atoms with Gasteiger partial charge in [0.2, 0.25) is 0 Å². The Morgan fingerprint density at radius 1 is 1.45 bits per heavy atom. The predicted molar refractivity (Wildman–Crippen MR) is 79.6 cm³/mol. The Bertz CT molecular complexity index is 496. The Hall–Kier alpha value is -1.71. The van der Waals surface area contributed by atoms with Crippen LogP contribution >= 0.6 is 0 Å². The highest BCUT2D eigenvalue weighted by Gasteiger charge is 2.28. The maximum atomic E-state index is 11.1. The number of carboxylic acid groups (broad SMARTS) is 1. The lowest BCUT2D eigenvalue weighted by molar-refractivity contribution is 0.0697.